The molecule has 3 aromatic rings. The molecule has 0 aromatic heterocycles. The van der Waals surface area contributed by atoms with Gasteiger partial charge in [-0.25, -0.2) is 13.2 Å². The molecule has 0 aliphatic carbocycles. The molecule has 0 fully saturated rings. The van der Waals surface area contributed by atoms with Crippen molar-refractivity contribution in [1.82, 2.24) is 0 Å². The van der Waals surface area contributed by atoms with Gasteiger partial charge in [0.1, 0.15) is 12.3 Å². The third kappa shape index (κ3) is 5.89. The fourth-order valence-corrected chi connectivity index (χ4v) is 4.44. The van der Waals surface area contributed by atoms with Crippen molar-refractivity contribution in [2.45, 2.75) is 11.8 Å². The largest absolute Gasteiger partial charge is 0.497 e. The number of carbonyl (C=O) groups excluding carboxylic acids is 2. The number of amides is 1. The zero-order valence-electron chi connectivity index (χ0n) is 18.2. The van der Waals surface area contributed by atoms with Gasteiger partial charge in [-0.15, -0.1) is 0 Å². The van der Waals surface area contributed by atoms with Gasteiger partial charge in [-0.05, 0) is 67.6 Å². The van der Waals surface area contributed by atoms with Crippen LogP contribution < -0.4 is 14.4 Å². The Balaban J connectivity index is 1.82. The molecule has 1 N–H and O–H groups in total. The van der Waals surface area contributed by atoms with Gasteiger partial charge in [0.05, 0.1) is 29.9 Å². The molecule has 0 aliphatic heterocycles. The van der Waals surface area contributed by atoms with Gasteiger partial charge in [0, 0.05) is 5.69 Å². The van der Waals surface area contributed by atoms with Gasteiger partial charge >= 0.3 is 5.97 Å². The van der Waals surface area contributed by atoms with Gasteiger partial charge in [0.15, 0.2) is 0 Å². The van der Waals surface area contributed by atoms with Crippen molar-refractivity contribution in [3.05, 3.63) is 84.4 Å². The summed E-state index contributed by atoms with van der Waals surface area (Å²) < 4.78 is 37.8. The number of carbonyl (C=O) groups is 2. The lowest BCUT2D eigenvalue weighted by molar-refractivity contribution is -0.114. The summed E-state index contributed by atoms with van der Waals surface area (Å²) in [5.74, 6) is -0.486. The maximum atomic E-state index is 13.4. The number of hydrogen-bond acceptors (Lipinski definition) is 6. The first-order chi connectivity index (χ1) is 15.8. The second-order valence-corrected chi connectivity index (χ2v) is 8.73. The lowest BCUT2D eigenvalue weighted by Gasteiger charge is -2.24. The fraction of sp³-hybridized carbons (Fsp3) is 0.167. The van der Waals surface area contributed by atoms with Crippen LogP contribution in [0.4, 0.5) is 11.4 Å². The van der Waals surface area contributed by atoms with Crippen molar-refractivity contribution in [2.75, 3.05) is 29.9 Å². The average Bonchev–Trinajstić information content (AvgIpc) is 2.83. The smallest absolute Gasteiger partial charge is 0.338 e. The summed E-state index contributed by atoms with van der Waals surface area (Å²) >= 11 is 0. The van der Waals surface area contributed by atoms with Crippen LogP contribution in [-0.4, -0.2) is 40.6 Å². The Labute approximate surface area is 192 Å². The molecule has 0 heterocycles. The number of benzene rings is 3. The predicted octanol–water partition coefficient (Wildman–Crippen LogP) is 3.71. The normalized spacial score (nSPS) is 10.8. The molecule has 0 unspecified atom stereocenters. The molecule has 3 rings (SSSR count). The molecule has 0 atom stereocenters. The third-order valence-electron chi connectivity index (χ3n) is 4.66. The number of nitrogens with zero attached hydrogens (tertiary/aromatic N) is 1. The van der Waals surface area contributed by atoms with Crippen molar-refractivity contribution in [3.8, 4) is 5.75 Å². The number of nitrogens with one attached hydrogen (secondary N) is 1. The third-order valence-corrected chi connectivity index (χ3v) is 6.45. The highest BCUT2D eigenvalue weighted by Crippen LogP contribution is 2.25. The Morgan fingerprint density at radius 2 is 1.55 bits per heavy atom. The summed E-state index contributed by atoms with van der Waals surface area (Å²) in [6.07, 6.45) is 0. The Morgan fingerprint density at radius 1 is 0.909 bits per heavy atom. The van der Waals surface area contributed by atoms with E-state index in [-0.39, 0.29) is 11.5 Å². The number of hydrogen-bond donors (Lipinski definition) is 1. The van der Waals surface area contributed by atoms with Crippen LogP contribution in [0.15, 0.2) is 83.8 Å². The second-order valence-electron chi connectivity index (χ2n) is 6.87. The lowest BCUT2D eigenvalue weighted by atomic mass is 10.2. The first-order valence-electron chi connectivity index (χ1n) is 10.1. The van der Waals surface area contributed by atoms with E-state index < -0.39 is 28.4 Å². The SMILES string of the molecule is CCOC(=O)c1ccc(NC(=O)CN(c2ccccc2)S(=O)(=O)c2ccc(OC)cc2)cc1. The second kappa shape index (κ2) is 10.6. The van der Waals surface area contributed by atoms with Gasteiger partial charge in [0.25, 0.3) is 10.0 Å². The monoisotopic (exact) mass is 468 g/mol. The van der Waals surface area contributed by atoms with E-state index in [0.29, 0.717) is 22.7 Å². The van der Waals surface area contributed by atoms with Crippen LogP contribution >= 0.6 is 0 Å². The highest BCUT2D eigenvalue weighted by molar-refractivity contribution is 7.92. The van der Waals surface area contributed by atoms with E-state index in [4.69, 9.17) is 9.47 Å². The fourth-order valence-electron chi connectivity index (χ4n) is 3.02. The summed E-state index contributed by atoms with van der Waals surface area (Å²) in [6.45, 7) is 1.53. The highest BCUT2D eigenvalue weighted by atomic mass is 32.2. The van der Waals surface area contributed by atoms with E-state index in [1.807, 2.05) is 0 Å². The van der Waals surface area contributed by atoms with E-state index in [9.17, 15) is 18.0 Å². The highest BCUT2D eigenvalue weighted by Gasteiger charge is 2.27. The van der Waals surface area contributed by atoms with Crippen LogP contribution in [0.25, 0.3) is 0 Å². The van der Waals surface area contributed by atoms with Gasteiger partial charge in [-0.2, -0.15) is 0 Å². The van der Waals surface area contributed by atoms with Gasteiger partial charge in [-0.1, -0.05) is 18.2 Å². The number of esters is 1. The minimum atomic E-state index is -4.03. The summed E-state index contributed by atoms with van der Waals surface area (Å²) in [6, 6.07) is 20.5. The Hall–Kier alpha value is -3.85. The van der Waals surface area contributed by atoms with Crippen LogP contribution in [0.1, 0.15) is 17.3 Å². The Kier molecular flexibility index (Phi) is 7.68. The summed E-state index contributed by atoms with van der Waals surface area (Å²) in [5.41, 5.74) is 1.12. The zero-order chi connectivity index (χ0) is 23.8. The molecular formula is C24H24N2O6S. The van der Waals surface area contributed by atoms with E-state index in [2.05, 4.69) is 5.32 Å². The molecule has 0 aliphatic rings. The van der Waals surface area contributed by atoms with Crippen LogP contribution in [0.5, 0.6) is 5.75 Å². The molecule has 0 saturated carbocycles. The van der Waals surface area contributed by atoms with Crippen molar-refractivity contribution >= 4 is 33.3 Å². The molecule has 172 valence electrons. The number of para-hydroxylation sites is 1. The maximum Gasteiger partial charge on any atom is 0.338 e. The average molecular weight is 469 g/mol. The van der Waals surface area contributed by atoms with E-state index in [1.54, 1.807) is 61.5 Å². The number of sulfonamides is 1. The van der Waals surface area contributed by atoms with Crippen molar-refractivity contribution in [3.63, 3.8) is 0 Å². The number of ether oxygens (including phenoxy) is 2. The van der Waals surface area contributed by atoms with Crippen LogP contribution in [0.3, 0.4) is 0 Å². The number of methoxy groups -OCH3 is 1. The quantitative estimate of drug-likeness (QED) is 0.481. The van der Waals surface area contributed by atoms with Crippen molar-refractivity contribution < 1.29 is 27.5 Å². The van der Waals surface area contributed by atoms with Gasteiger partial charge in [0.2, 0.25) is 5.91 Å². The molecule has 0 saturated heterocycles. The van der Waals surface area contributed by atoms with E-state index in [1.165, 1.54) is 31.4 Å². The molecule has 0 spiro atoms. The molecule has 8 nitrogen and oxygen atoms in total. The Morgan fingerprint density at radius 3 is 2.12 bits per heavy atom. The van der Waals surface area contributed by atoms with E-state index >= 15 is 0 Å². The molecule has 33 heavy (non-hydrogen) atoms. The summed E-state index contributed by atoms with van der Waals surface area (Å²) in [7, 11) is -2.55. The van der Waals surface area contributed by atoms with Crippen molar-refractivity contribution in [1.29, 1.82) is 0 Å². The van der Waals surface area contributed by atoms with E-state index in [0.717, 1.165) is 4.31 Å². The van der Waals surface area contributed by atoms with Crippen molar-refractivity contribution in [2.24, 2.45) is 0 Å². The molecule has 1 amide bonds. The van der Waals surface area contributed by atoms with Crippen LogP contribution in [-0.2, 0) is 19.6 Å². The molecule has 0 radical (unpaired) electrons. The first-order valence-corrected chi connectivity index (χ1v) is 11.6. The number of anilines is 2. The minimum absolute atomic E-state index is 0.0266. The number of rotatable bonds is 9. The minimum Gasteiger partial charge on any atom is -0.497 e. The lowest BCUT2D eigenvalue weighted by Crippen LogP contribution is -2.38. The van der Waals surface area contributed by atoms with Crippen LogP contribution in [0, 0.1) is 0 Å². The molecule has 9 heteroatoms. The zero-order valence-corrected chi connectivity index (χ0v) is 19.0. The topological polar surface area (TPSA) is 102 Å². The summed E-state index contributed by atoms with van der Waals surface area (Å²) in [4.78, 5) is 24.6. The maximum absolute atomic E-state index is 13.4. The molecule has 3 aromatic carbocycles. The predicted molar refractivity (Wildman–Crippen MR) is 125 cm³/mol. The van der Waals surface area contributed by atoms with Gasteiger partial charge in [-0.3, -0.25) is 9.10 Å². The Bertz CT molecular complexity index is 1190. The van der Waals surface area contributed by atoms with Crippen LogP contribution in [0.2, 0.25) is 0 Å². The standard InChI is InChI=1S/C24H24N2O6S/c1-3-32-24(28)18-9-11-19(12-10-18)25-23(27)17-26(20-7-5-4-6-8-20)33(29,30)22-15-13-21(31-2)14-16-22/h4-16H,3,17H2,1-2H3,(H,25,27). The van der Waals surface area contributed by atoms with Gasteiger partial charge < -0.3 is 14.8 Å². The molecule has 0 bridgehead atoms. The first kappa shape index (κ1) is 23.8. The molecular weight excluding hydrogens is 444 g/mol. The summed E-state index contributed by atoms with van der Waals surface area (Å²) in [5, 5.41) is 2.66.